The second kappa shape index (κ2) is 7.66. The fourth-order valence-electron chi connectivity index (χ4n) is 3.51. The maximum atomic E-state index is 12.6. The van der Waals surface area contributed by atoms with Crippen molar-refractivity contribution in [3.8, 4) is 5.75 Å². The monoisotopic (exact) mass is 363 g/mol. The molecule has 1 aliphatic rings. The summed E-state index contributed by atoms with van der Waals surface area (Å²) in [5.41, 5.74) is -1.22. The third-order valence-electron chi connectivity index (χ3n) is 5.12. The molecule has 1 fully saturated rings. The Balaban J connectivity index is 2.09. The molecule has 6 nitrogen and oxygen atoms in total. The lowest BCUT2D eigenvalue weighted by Gasteiger charge is -2.58. The lowest BCUT2D eigenvalue weighted by atomic mass is 9.54. The van der Waals surface area contributed by atoms with Crippen molar-refractivity contribution in [2.24, 2.45) is 5.41 Å². The first-order chi connectivity index (χ1) is 12.1. The number of aliphatic carboxylic acids is 1. The summed E-state index contributed by atoms with van der Waals surface area (Å²) in [7, 11) is 0. The number of carbonyl (C=O) groups excluding carboxylic acids is 1. The Labute approximate surface area is 154 Å². The lowest BCUT2D eigenvalue weighted by Crippen LogP contribution is -2.76. The first-order valence-electron chi connectivity index (χ1n) is 9.04. The smallest absolute Gasteiger partial charge is 0.330 e. The minimum absolute atomic E-state index is 0.0423. The zero-order valence-electron chi connectivity index (χ0n) is 16.2. The number of amides is 1. The summed E-state index contributed by atoms with van der Waals surface area (Å²) in [6.07, 6.45) is 0.220. The molecule has 0 aromatic heterocycles. The fourth-order valence-corrected chi connectivity index (χ4v) is 3.51. The molecule has 1 aliphatic carbocycles. The van der Waals surface area contributed by atoms with Gasteiger partial charge in [-0.15, -0.1) is 0 Å². The zero-order valence-corrected chi connectivity index (χ0v) is 16.2. The molecule has 0 saturated heterocycles. The SMILES string of the molecule is CCOC1CC(NC(=O)Cc2cccc(OC(C)C)c2)(C(=O)O)C1(C)C. The van der Waals surface area contributed by atoms with Gasteiger partial charge in [-0.05, 0) is 38.5 Å². The third kappa shape index (κ3) is 3.85. The van der Waals surface area contributed by atoms with Gasteiger partial charge in [0.15, 0.2) is 0 Å². The normalized spacial score (nSPS) is 24.0. The summed E-state index contributed by atoms with van der Waals surface area (Å²) >= 11 is 0. The predicted molar refractivity (Wildman–Crippen MR) is 98.2 cm³/mol. The molecular weight excluding hydrogens is 334 g/mol. The van der Waals surface area contributed by atoms with E-state index in [2.05, 4.69) is 5.32 Å². The van der Waals surface area contributed by atoms with Crippen LogP contribution in [0.25, 0.3) is 0 Å². The van der Waals surface area contributed by atoms with E-state index in [0.29, 0.717) is 12.4 Å². The van der Waals surface area contributed by atoms with Gasteiger partial charge in [0, 0.05) is 18.4 Å². The molecule has 1 aromatic carbocycles. The van der Waals surface area contributed by atoms with Gasteiger partial charge in [-0.2, -0.15) is 0 Å². The van der Waals surface area contributed by atoms with E-state index in [-0.39, 0.29) is 31.0 Å². The highest BCUT2D eigenvalue weighted by Crippen LogP contribution is 2.51. The van der Waals surface area contributed by atoms with E-state index in [0.717, 1.165) is 5.56 Å². The molecule has 144 valence electrons. The third-order valence-corrected chi connectivity index (χ3v) is 5.12. The molecule has 0 spiro atoms. The summed E-state index contributed by atoms with van der Waals surface area (Å²) in [5.74, 6) is -0.653. The van der Waals surface area contributed by atoms with Crippen molar-refractivity contribution >= 4 is 11.9 Å². The first-order valence-corrected chi connectivity index (χ1v) is 9.04. The van der Waals surface area contributed by atoms with Crippen molar-refractivity contribution in [2.45, 2.75) is 65.2 Å². The highest BCUT2D eigenvalue weighted by atomic mass is 16.5. The van der Waals surface area contributed by atoms with Gasteiger partial charge in [-0.1, -0.05) is 26.0 Å². The minimum atomic E-state index is -1.31. The van der Waals surface area contributed by atoms with Crippen LogP contribution in [-0.2, 0) is 20.7 Å². The molecular formula is C20H29NO5. The molecule has 26 heavy (non-hydrogen) atoms. The second-order valence-electron chi connectivity index (χ2n) is 7.62. The molecule has 2 rings (SSSR count). The quantitative estimate of drug-likeness (QED) is 0.742. The van der Waals surface area contributed by atoms with Gasteiger partial charge in [0.2, 0.25) is 5.91 Å². The first kappa shape index (κ1) is 20.2. The molecule has 2 N–H and O–H groups in total. The van der Waals surface area contributed by atoms with Gasteiger partial charge < -0.3 is 19.9 Å². The highest BCUT2D eigenvalue weighted by Gasteiger charge is 2.66. The van der Waals surface area contributed by atoms with Gasteiger partial charge >= 0.3 is 5.97 Å². The Morgan fingerprint density at radius 2 is 2.04 bits per heavy atom. The molecule has 0 bridgehead atoms. The molecule has 0 radical (unpaired) electrons. The fraction of sp³-hybridized carbons (Fsp3) is 0.600. The summed E-state index contributed by atoms with van der Waals surface area (Å²) < 4.78 is 11.3. The molecule has 2 atom stereocenters. The number of hydrogen-bond acceptors (Lipinski definition) is 4. The van der Waals surface area contributed by atoms with E-state index in [1.54, 1.807) is 0 Å². The number of ether oxygens (including phenoxy) is 2. The van der Waals surface area contributed by atoms with Crippen molar-refractivity contribution in [3.05, 3.63) is 29.8 Å². The average Bonchev–Trinajstić information content (AvgIpc) is 2.53. The Bertz CT molecular complexity index is 670. The standard InChI is InChI=1S/C20H29NO5/c1-6-25-16-12-20(18(23)24,19(16,4)5)21-17(22)11-14-8-7-9-15(10-14)26-13(2)3/h7-10,13,16H,6,11-12H2,1-5H3,(H,21,22)(H,23,24). The van der Waals surface area contributed by atoms with Crippen LogP contribution < -0.4 is 10.1 Å². The summed E-state index contributed by atoms with van der Waals surface area (Å²) in [5, 5.41) is 12.5. The molecule has 2 unspecified atom stereocenters. The summed E-state index contributed by atoms with van der Waals surface area (Å²) in [4.78, 5) is 24.5. The molecule has 1 amide bonds. The topological polar surface area (TPSA) is 84.9 Å². The van der Waals surface area contributed by atoms with Crippen LogP contribution in [0.15, 0.2) is 24.3 Å². The van der Waals surface area contributed by atoms with E-state index in [4.69, 9.17) is 9.47 Å². The van der Waals surface area contributed by atoms with Gasteiger partial charge in [0.1, 0.15) is 11.3 Å². The van der Waals surface area contributed by atoms with Crippen LogP contribution in [0.1, 0.15) is 46.6 Å². The van der Waals surface area contributed by atoms with Crippen molar-refractivity contribution in [2.75, 3.05) is 6.61 Å². The number of rotatable bonds is 8. The Hall–Kier alpha value is -2.08. The van der Waals surface area contributed by atoms with Crippen LogP contribution in [-0.4, -0.2) is 41.3 Å². The van der Waals surface area contributed by atoms with Crippen LogP contribution in [0.4, 0.5) is 0 Å². The van der Waals surface area contributed by atoms with Gasteiger partial charge in [0.05, 0.1) is 18.6 Å². The lowest BCUT2D eigenvalue weighted by molar-refractivity contribution is -0.194. The largest absolute Gasteiger partial charge is 0.491 e. The summed E-state index contributed by atoms with van der Waals surface area (Å²) in [6.45, 7) is 9.90. The predicted octanol–water partition coefficient (Wildman–Crippen LogP) is 2.79. The Morgan fingerprint density at radius 1 is 1.35 bits per heavy atom. The maximum absolute atomic E-state index is 12.6. The Morgan fingerprint density at radius 3 is 2.58 bits per heavy atom. The number of carboxylic acid groups (broad SMARTS) is 1. The molecule has 1 saturated carbocycles. The van der Waals surface area contributed by atoms with Gasteiger partial charge in [-0.3, -0.25) is 4.79 Å². The maximum Gasteiger partial charge on any atom is 0.330 e. The molecule has 1 aromatic rings. The van der Waals surface area contributed by atoms with E-state index in [1.165, 1.54) is 0 Å². The highest BCUT2D eigenvalue weighted by molar-refractivity contribution is 5.90. The van der Waals surface area contributed by atoms with Gasteiger partial charge in [-0.25, -0.2) is 4.79 Å². The van der Waals surface area contributed by atoms with E-state index in [1.807, 2.05) is 58.9 Å². The van der Waals surface area contributed by atoms with Crippen molar-refractivity contribution < 1.29 is 24.2 Å². The van der Waals surface area contributed by atoms with Crippen LogP contribution in [0, 0.1) is 5.41 Å². The van der Waals surface area contributed by atoms with Crippen molar-refractivity contribution in [1.82, 2.24) is 5.32 Å². The van der Waals surface area contributed by atoms with Crippen LogP contribution in [0.2, 0.25) is 0 Å². The van der Waals surface area contributed by atoms with E-state index < -0.39 is 16.9 Å². The molecule has 0 aliphatic heterocycles. The van der Waals surface area contributed by atoms with Gasteiger partial charge in [0.25, 0.3) is 0 Å². The molecule has 6 heteroatoms. The Kier molecular flexibility index (Phi) is 5.96. The number of nitrogens with one attached hydrogen (secondary N) is 1. The number of benzene rings is 1. The van der Waals surface area contributed by atoms with Crippen LogP contribution in [0.3, 0.4) is 0 Å². The average molecular weight is 363 g/mol. The number of carbonyl (C=O) groups is 2. The zero-order chi connectivity index (χ0) is 19.5. The van der Waals surface area contributed by atoms with Crippen molar-refractivity contribution in [3.63, 3.8) is 0 Å². The van der Waals surface area contributed by atoms with E-state index >= 15 is 0 Å². The number of hydrogen-bond donors (Lipinski definition) is 2. The minimum Gasteiger partial charge on any atom is -0.491 e. The van der Waals surface area contributed by atoms with Crippen LogP contribution >= 0.6 is 0 Å². The molecule has 0 heterocycles. The second-order valence-corrected chi connectivity index (χ2v) is 7.62. The van der Waals surface area contributed by atoms with Crippen LogP contribution in [0.5, 0.6) is 5.75 Å². The number of carboxylic acids is 1. The van der Waals surface area contributed by atoms with E-state index in [9.17, 15) is 14.7 Å². The summed E-state index contributed by atoms with van der Waals surface area (Å²) in [6, 6.07) is 7.30. The van der Waals surface area contributed by atoms with Crippen molar-refractivity contribution in [1.29, 1.82) is 0 Å².